The first-order valence-corrected chi connectivity index (χ1v) is 7.71. The molecule has 0 saturated carbocycles. The van der Waals surface area contributed by atoms with Gasteiger partial charge in [0, 0.05) is 11.0 Å². The van der Waals surface area contributed by atoms with Gasteiger partial charge in [0.25, 0.3) is 0 Å². The van der Waals surface area contributed by atoms with Crippen LogP contribution >= 0.6 is 27.5 Å². The monoisotopic (exact) mass is 379 g/mol. The number of rotatable bonds is 4. The molecule has 0 amide bonds. The van der Waals surface area contributed by atoms with E-state index < -0.39 is 22.7 Å². The van der Waals surface area contributed by atoms with Crippen LogP contribution in [0.1, 0.15) is 6.92 Å². The van der Waals surface area contributed by atoms with Crippen LogP contribution in [0.5, 0.6) is 0 Å². The Labute approximate surface area is 122 Å². The van der Waals surface area contributed by atoms with Gasteiger partial charge >= 0.3 is 6.18 Å². The number of sulfonamides is 1. The Morgan fingerprint density at radius 1 is 1.37 bits per heavy atom. The van der Waals surface area contributed by atoms with Crippen LogP contribution in [-0.2, 0) is 10.0 Å². The van der Waals surface area contributed by atoms with Crippen LogP contribution in [0.2, 0.25) is 5.02 Å². The highest BCUT2D eigenvalue weighted by atomic mass is 79.9. The Balaban J connectivity index is 3.21. The van der Waals surface area contributed by atoms with E-state index in [-0.39, 0.29) is 16.5 Å². The average molecular weight is 381 g/mol. The van der Waals surface area contributed by atoms with Crippen molar-refractivity contribution in [1.29, 1.82) is 0 Å². The summed E-state index contributed by atoms with van der Waals surface area (Å²) in [5, 5.41) is -0.130. The standard InChI is InChI=1S/C10H10BrClF3NO2S/c1-2-16(6-10(13,14)15)19(17,18)9-4-3-7(11)5-8(9)12/h3-5H,2,6H2,1H3. The third-order valence-electron chi connectivity index (χ3n) is 2.22. The van der Waals surface area contributed by atoms with Crippen molar-refractivity contribution in [1.82, 2.24) is 4.31 Å². The number of benzene rings is 1. The van der Waals surface area contributed by atoms with Gasteiger partial charge in [-0.2, -0.15) is 17.5 Å². The van der Waals surface area contributed by atoms with E-state index in [0.29, 0.717) is 8.78 Å². The van der Waals surface area contributed by atoms with Crippen molar-refractivity contribution in [2.45, 2.75) is 18.0 Å². The molecule has 0 radical (unpaired) electrons. The third-order valence-corrected chi connectivity index (χ3v) is 5.12. The van der Waals surface area contributed by atoms with Gasteiger partial charge in [-0.1, -0.05) is 34.5 Å². The molecule has 1 aromatic rings. The van der Waals surface area contributed by atoms with E-state index in [4.69, 9.17) is 11.6 Å². The zero-order valence-electron chi connectivity index (χ0n) is 9.71. The van der Waals surface area contributed by atoms with E-state index in [0.717, 1.165) is 0 Å². The summed E-state index contributed by atoms with van der Waals surface area (Å²) >= 11 is 8.86. The molecule has 3 nitrogen and oxygen atoms in total. The molecule has 0 unspecified atom stereocenters. The highest BCUT2D eigenvalue weighted by Crippen LogP contribution is 2.29. The van der Waals surface area contributed by atoms with E-state index in [1.165, 1.54) is 25.1 Å². The minimum absolute atomic E-state index is 0.130. The number of halogens is 5. The second-order valence-electron chi connectivity index (χ2n) is 3.62. The van der Waals surface area contributed by atoms with Crippen molar-refractivity contribution in [3.63, 3.8) is 0 Å². The van der Waals surface area contributed by atoms with Gasteiger partial charge in [0.05, 0.1) is 5.02 Å². The van der Waals surface area contributed by atoms with Gasteiger partial charge in [0.15, 0.2) is 0 Å². The fourth-order valence-electron chi connectivity index (χ4n) is 1.39. The Bertz CT molecular complexity index is 562. The predicted molar refractivity (Wildman–Crippen MR) is 69.6 cm³/mol. The molecule has 0 atom stereocenters. The molecule has 0 aliphatic carbocycles. The Kier molecular flexibility index (Phi) is 5.28. The summed E-state index contributed by atoms with van der Waals surface area (Å²) in [5.74, 6) is 0. The number of alkyl halides is 3. The lowest BCUT2D eigenvalue weighted by atomic mass is 10.4. The van der Waals surface area contributed by atoms with Crippen molar-refractivity contribution in [3.05, 3.63) is 27.7 Å². The maximum atomic E-state index is 12.4. The molecular weight excluding hydrogens is 371 g/mol. The fourth-order valence-corrected chi connectivity index (χ4v) is 3.84. The normalized spacial score (nSPS) is 13.0. The highest BCUT2D eigenvalue weighted by molar-refractivity contribution is 9.10. The quantitative estimate of drug-likeness (QED) is 0.799. The summed E-state index contributed by atoms with van der Waals surface area (Å²) in [4.78, 5) is -0.344. The Hall–Kier alpha value is -0.310. The van der Waals surface area contributed by atoms with Crippen LogP contribution in [0.15, 0.2) is 27.6 Å². The molecule has 0 aliphatic rings. The topological polar surface area (TPSA) is 37.4 Å². The van der Waals surface area contributed by atoms with Crippen LogP contribution in [0.4, 0.5) is 13.2 Å². The molecule has 108 valence electrons. The molecule has 1 aromatic carbocycles. The molecule has 0 N–H and O–H groups in total. The molecule has 0 fully saturated rings. The zero-order chi connectivity index (χ0) is 14.8. The average Bonchev–Trinajstić information content (AvgIpc) is 2.23. The van der Waals surface area contributed by atoms with Crippen molar-refractivity contribution >= 4 is 37.6 Å². The highest BCUT2D eigenvalue weighted by Gasteiger charge is 2.36. The molecular formula is C10H10BrClF3NO2S. The zero-order valence-corrected chi connectivity index (χ0v) is 12.9. The minimum Gasteiger partial charge on any atom is -0.207 e. The molecule has 0 saturated heterocycles. The summed E-state index contributed by atoms with van der Waals surface area (Å²) in [6, 6.07) is 3.89. The van der Waals surface area contributed by atoms with Gasteiger partial charge in [-0.15, -0.1) is 0 Å². The Morgan fingerprint density at radius 2 is 1.95 bits per heavy atom. The smallest absolute Gasteiger partial charge is 0.207 e. The van der Waals surface area contributed by atoms with Crippen LogP contribution < -0.4 is 0 Å². The second kappa shape index (κ2) is 5.99. The van der Waals surface area contributed by atoms with Gasteiger partial charge in [-0.25, -0.2) is 8.42 Å². The summed E-state index contributed by atoms with van der Waals surface area (Å²) < 4.78 is 62.1. The summed E-state index contributed by atoms with van der Waals surface area (Å²) in [6.07, 6.45) is -4.61. The van der Waals surface area contributed by atoms with Gasteiger partial charge in [-0.3, -0.25) is 0 Å². The lowest BCUT2D eigenvalue weighted by molar-refractivity contribution is -0.135. The molecule has 0 aliphatic heterocycles. The molecule has 19 heavy (non-hydrogen) atoms. The van der Waals surface area contributed by atoms with Crippen LogP contribution in [0.25, 0.3) is 0 Å². The van der Waals surface area contributed by atoms with E-state index in [1.54, 1.807) is 0 Å². The van der Waals surface area contributed by atoms with Crippen molar-refractivity contribution in [3.8, 4) is 0 Å². The molecule has 0 aromatic heterocycles. The molecule has 0 spiro atoms. The lowest BCUT2D eigenvalue weighted by Crippen LogP contribution is -2.38. The van der Waals surface area contributed by atoms with Gasteiger partial charge < -0.3 is 0 Å². The first-order chi connectivity index (χ1) is 8.58. The van der Waals surface area contributed by atoms with E-state index >= 15 is 0 Å². The third kappa shape index (κ3) is 4.34. The van der Waals surface area contributed by atoms with Crippen molar-refractivity contribution in [2.75, 3.05) is 13.1 Å². The molecule has 0 bridgehead atoms. The first kappa shape index (κ1) is 16.7. The molecule has 0 heterocycles. The largest absolute Gasteiger partial charge is 0.402 e. The SMILES string of the molecule is CCN(CC(F)(F)F)S(=O)(=O)c1ccc(Br)cc1Cl. The van der Waals surface area contributed by atoms with Crippen LogP contribution in [-0.4, -0.2) is 32.0 Å². The maximum absolute atomic E-state index is 12.4. The lowest BCUT2D eigenvalue weighted by Gasteiger charge is -2.22. The minimum atomic E-state index is -4.61. The maximum Gasteiger partial charge on any atom is 0.402 e. The van der Waals surface area contributed by atoms with Gasteiger partial charge in [0.1, 0.15) is 11.4 Å². The van der Waals surface area contributed by atoms with E-state index in [1.807, 2.05) is 0 Å². The number of nitrogens with zero attached hydrogens (tertiary/aromatic N) is 1. The van der Waals surface area contributed by atoms with Crippen molar-refractivity contribution in [2.24, 2.45) is 0 Å². The number of hydrogen-bond acceptors (Lipinski definition) is 2. The second-order valence-corrected chi connectivity index (χ2v) is 6.85. The van der Waals surface area contributed by atoms with E-state index in [9.17, 15) is 21.6 Å². The summed E-state index contributed by atoms with van der Waals surface area (Å²) in [7, 11) is -4.27. The fraction of sp³-hybridized carbons (Fsp3) is 0.400. The molecule has 9 heteroatoms. The van der Waals surface area contributed by atoms with Crippen molar-refractivity contribution < 1.29 is 21.6 Å². The Morgan fingerprint density at radius 3 is 2.37 bits per heavy atom. The predicted octanol–water partition coefficient (Wildman–Crippen LogP) is 3.68. The first-order valence-electron chi connectivity index (χ1n) is 5.10. The van der Waals surface area contributed by atoms with Crippen LogP contribution in [0, 0.1) is 0 Å². The van der Waals surface area contributed by atoms with Crippen LogP contribution in [0.3, 0.4) is 0 Å². The van der Waals surface area contributed by atoms with E-state index in [2.05, 4.69) is 15.9 Å². The summed E-state index contributed by atoms with van der Waals surface area (Å²) in [5.41, 5.74) is 0. The molecule has 1 rings (SSSR count). The van der Waals surface area contributed by atoms with Gasteiger partial charge in [-0.05, 0) is 18.2 Å². The summed E-state index contributed by atoms with van der Waals surface area (Å²) in [6.45, 7) is -0.511. The van der Waals surface area contributed by atoms with Gasteiger partial charge in [0.2, 0.25) is 10.0 Å². The number of hydrogen-bond donors (Lipinski definition) is 0.